The lowest BCUT2D eigenvalue weighted by Gasteiger charge is -2.14. The number of nitrogens with one attached hydrogen (secondary N) is 2. The van der Waals surface area contributed by atoms with Crippen LogP contribution < -0.4 is 30.4 Å². The minimum absolute atomic E-state index is 0.0317. The largest absolute Gasteiger partial charge is 0.493 e. The Balaban J connectivity index is 1.72. The zero-order chi connectivity index (χ0) is 24.0. The van der Waals surface area contributed by atoms with Gasteiger partial charge in [-0.15, -0.1) is 0 Å². The van der Waals surface area contributed by atoms with E-state index in [1.807, 2.05) is 25.1 Å². The van der Waals surface area contributed by atoms with Crippen molar-refractivity contribution >= 4 is 11.7 Å². The smallest absolute Gasteiger partial charge is 0.161 e. The summed E-state index contributed by atoms with van der Waals surface area (Å²) in [6.45, 7) is 2.68. The summed E-state index contributed by atoms with van der Waals surface area (Å²) in [4.78, 5) is 0. The predicted octanol–water partition coefficient (Wildman–Crippen LogP) is 3.74. The van der Waals surface area contributed by atoms with Crippen molar-refractivity contribution in [2.75, 3.05) is 14.2 Å². The summed E-state index contributed by atoms with van der Waals surface area (Å²) in [5.74, 6) is 2.10. The lowest BCUT2D eigenvalue weighted by Crippen LogP contribution is -2.11. The molecule has 0 unspecified atom stereocenters. The molecule has 33 heavy (non-hydrogen) atoms. The van der Waals surface area contributed by atoms with Crippen molar-refractivity contribution in [3.8, 4) is 23.0 Å². The molecule has 6 N–H and O–H groups in total. The second-order valence-corrected chi connectivity index (χ2v) is 7.46. The predicted molar refractivity (Wildman–Crippen MR) is 128 cm³/mol. The van der Waals surface area contributed by atoms with Gasteiger partial charge in [-0.05, 0) is 60.5 Å². The summed E-state index contributed by atoms with van der Waals surface area (Å²) < 4.78 is 22.7. The molecular weight excluding hydrogens is 420 g/mol. The van der Waals surface area contributed by atoms with E-state index < -0.39 is 0 Å². The minimum Gasteiger partial charge on any atom is -0.493 e. The monoisotopic (exact) mass is 448 g/mol. The average Bonchev–Trinajstić information content (AvgIpc) is 2.80. The van der Waals surface area contributed by atoms with Crippen LogP contribution in [0.25, 0.3) is 0 Å². The number of rotatable bonds is 10. The first-order valence-electron chi connectivity index (χ1n) is 10.2. The molecule has 0 saturated carbocycles. The first-order chi connectivity index (χ1) is 15.8. The number of nitrogens with two attached hydrogens (primary N) is 2. The molecule has 0 atom stereocenters. The highest BCUT2D eigenvalue weighted by Gasteiger charge is 2.10. The van der Waals surface area contributed by atoms with Crippen molar-refractivity contribution in [3.63, 3.8) is 0 Å². The van der Waals surface area contributed by atoms with Crippen molar-refractivity contribution < 1.29 is 18.9 Å². The van der Waals surface area contributed by atoms with E-state index in [4.69, 9.17) is 41.2 Å². The Morgan fingerprint density at radius 2 is 1.09 bits per heavy atom. The van der Waals surface area contributed by atoms with Crippen LogP contribution in [0.1, 0.15) is 27.8 Å². The molecule has 0 fully saturated rings. The topological polar surface area (TPSA) is 137 Å². The summed E-state index contributed by atoms with van der Waals surface area (Å²) in [7, 11) is 3.09. The quantitative estimate of drug-likeness (QED) is 0.275. The maximum Gasteiger partial charge on any atom is 0.161 e. The van der Waals surface area contributed by atoms with E-state index in [1.165, 1.54) is 0 Å². The summed E-state index contributed by atoms with van der Waals surface area (Å²) in [5, 5.41) is 15.1. The summed E-state index contributed by atoms with van der Waals surface area (Å²) in [5.41, 5.74) is 15.3. The van der Waals surface area contributed by atoms with E-state index in [0.29, 0.717) is 47.3 Å². The van der Waals surface area contributed by atoms with Crippen LogP contribution in [0.3, 0.4) is 0 Å². The summed E-state index contributed by atoms with van der Waals surface area (Å²) >= 11 is 0. The van der Waals surface area contributed by atoms with Gasteiger partial charge < -0.3 is 30.4 Å². The maximum atomic E-state index is 7.56. The molecular formula is C25H28N4O4. The van der Waals surface area contributed by atoms with Gasteiger partial charge in [0.2, 0.25) is 0 Å². The van der Waals surface area contributed by atoms with Crippen LogP contribution in [-0.4, -0.2) is 25.9 Å². The zero-order valence-electron chi connectivity index (χ0n) is 18.9. The number of methoxy groups -OCH3 is 2. The van der Waals surface area contributed by atoms with Crippen molar-refractivity contribution in [3.05, 3.63) is 82.4 Å². The lowest BCUT2D eigenvalue weighted by molar-refractivity contribution is 0.279. The Morgan fingerprint density at radius 3 is 1.45 bits per heavy atom. The van der Waals surface area contributed by atoms with Gasteiger partial charge in [0.1, 0.15) is 24.9 Å². The van der Waals surface area contributed by atoms with Gasteiger partial charge in [-0.3, -0.25) is 10.8 Å². The standard InChI is InChI=1S/C25H28N4O4/c1-15-8-16(13-32-20-6-4-18(24(26)27)11-22(20)30-2)10-17(9-15)14-33-21-7-5-19(25(28)29)12-23(21)31-3/h4-12H,13-14H2,1-3H3,(H3,26,27)(H3,28,29). The first kappa shape index (κ1) is 23.5. The highest BCUT2D eigenvalue weighted by atomic mass is 16.5. The number of hydrogen-bond acceptors (Lipinski definition) is 6. The molecule has 0 spiro atoms. The lowest BCUT2D eigenvalue weighted by atomic mass is 10.1. The minimum atomic E-state index is -0.0317. The van der Waals surface area contributed by atoms with Crippen LogP contribution in [0.2, 0.25) is 0 Å². The van der Waals surface area contributed by atoms with Crippen molar-refractivity contribution in [1.29, 1.82) is 10.8 Å². The summed E-state index contributed by atoms with van der Waals surface area (Å²) in [6.07, 6.45) is 0. The van der Waals surface area contributed by atoms with Gasteiger partial charge in [0.25, 0.3) is 0 Å². The fourth-order valence-corrected chi connectivity index (χ4v) is 3.35. The van der Waals surface area contributed by atoms with Crippen LogP contribution >= 0.6 is 0 Å². The molecule has 0 amide bonds. The molecule has 0 radical (unpaired) electrons. The molecule has 0 aromatic heterocycles. The second kappa shape index (κ2) is 10.4. The van der Waals surface area contributed by atoms with E-state index in [0.717, 1.165) is 16.7 Å². The van der Waals surface area contributed by atoms with Gasteiger partial charge in [-0.2, -0.15) is 0 Å². The van der Waals surface area contributed by atoms with Gasteiger partial charge in [0.15, 0.2) is 23.0 Å². The summed E-state index contributed by atoms with van der Waals surface area (Å²) in [6, 6.07) is 16.4. The molecule has 0 aliphatic heterocycles. The molecule has 0 bridgehead atoms. The number of aryl methyl sites for hydroxylation is 1. The fraction of sp³-hybridized carbons (Fsp3) is 0.200. The molecule has 0 aliphatic rings. The first-order valence-corrected chi connectivity index (χ1v) is 10.2. The van der Waals surface area contributed by atoms with Crippen molar-refractivity contribution in [1.82, 2.24) is 0 Å². The molecule has 3 aromatic rings. The highest BCUT2D eigenvalue weighted by Crippen LogP contribution is 2.30. The van der Waals surface area contributed by atoms with Crippen molar-refractivity contribution in [2.45, 2.75) is 20.1 Å². The molecule has 8 heteroatoms. The van der Waals surface area contributed by atoms with Crippen LogP contribution in [0, 0.1) is 17.7 Å². The van der Waals surface area contributed by atoms with Crippen LogP contribution in [-0.2, 0) is 13.2 Å². The average molecular weight is 449 g/mol. The third-order valence-electron chi connectivity index (χ3n) is 4.93. The van der Waals surface area contributed by atoms with Crippen LogP contribution in [0.4, 0.5) is 0 Å². The molecule has 172 valence electrons. The van der Waals surface area contributed by atoms with E-state index in [2.05, 4.69) is 0 Å². The number of hydrogen-bond donors (Lipinski definition) is 4. The SMILES string of the molecule is COc1cc(C(=N)N)ccc1OCc1cc(C)cc(COc2ccc(C(=N)N)cc2OC)c1. The van der Waals surface area contributed by atoms with E-state index >= 15 is 0 Å². The molecule has 8 nitrogen and oxygen atoms in total. The van der Waals surface area contributed by atoms with Gasteiger partial charge in [-0.1, -0.05) is 17.7 Å². The molecule has 0 aliphatic carbocycles. The Hall–Kier alpha value is -4.20. The Kier molecular flexibility index (Phi) is 7.40. The number of ether oxygens (including phenoxy) is 4. The fourth-order valence-electron chi connectivity index (χ4n) is 3.35. The zero-order valence-corrected chi connectivity index (χ0v) is 18.9. The van der Waals surface area contributed by atoms with Gasteiger partial charge in [-0.25, -0.2) is 0 Å². The van der Waals surface area contributed by atoms with E-state index in [-0.39, 0.29) is 11.7 Å². The van der Waals surface area contributed by atoms with Gasteiger partial charge in [0, 0.05) is 11.1 Å². The number of nitrogen functional groups attached to an aromatic ring is 2. The van der Waals surface area contributed by atoms with Crippen LogP contribution in [0.5, 0.6) is 23.0 Å². The van der Waals surface area contributed by atoms with E-state index in [9.17, 15) is 0 Å². The van der Waals surface area contributed by atoms with Gasteiger partial charge in [0.05, 0.1) is 14.2 Å². The third kappa shape index (κ3) is 5.94. The highest BCUT2D eigenvalue weighted by molar-refractivity contribution is 5.96. The Morgan fingerprint density at radius 1 is 0.667 bits per heavy atom. The van der Waals surface area contributed by atoms with E-state index in [1.54, 1.807) is 50.6 Å². The molecule has 0 heterocycles. The molecule has 0 saturated heterocycles. The maximum absolute atomic E-state index is 7.56. The Bertz CT molecular complexity index is 1090. The van der Waals surface area contributed by atoms with Gasteiger partial charge >= 0.3 is 0 Å². The molecule has 3 aromatic carbocycles. The number of amidine groups is 2. The number of benzene rings is 3. The van der Waals surface area contributed by atoms with Crippen LogP contribution in [0.15, 0.2) is 54.6 Å². The van der Waals surface area contributed by atoms with Crippen molar-refractivity contribution in [2.24, 2.45) is 11.5 Å². The molecule has 3 rings (SSSR count). The normalized spacial score (nSPS) is 10.4. The Labute approximate surface area is 193 Å². The third-order valence-corrected chi connectivity index (χ3v) is 4.93. The second-order valence-electron chi connectivity index (χ2n) is 7.46.